The van der Waals surface area contributed by atoms with Gasteiger partial charge in [0.15, 0.2) is 0 Å². The summed E-state index contributed by atoms with van der Waals surface area (Å²) in [5.74, 6) is 1.49. The first-order valence-corrected chi connectivity index (χ1v) is 6.28. The van der Waals surface area contributed by atoms with Crippen molar-refractivity contribution in [3.63, 3.8) is 0 Å². The zero-order valence-electron chi connectivity index (χ0n) is 10.9. The maximum absolute atomic E-state index is 8.73. The minimum atomic E-state index is 0.173. The van der Waals surface area contributed by atoms with Crippen LogP contribution in [-0.4, -0.2) is 28.2 Å². The fourth-order valence-electron chi connectivity index (χ4n) is 1.60. The molecule has 1 aromatic heterocycles. The molecule has 0 aliphatic carbocycles. The summed E-state index contributed by atoms with van der Waals surface area (Å²) in [6.07, 6.45) is 2.21. The van der Waals surface area contributed by atoms with Gasteiger partial charge < -0.3 is 15.7 Å². The molecule has 1 aromatic carbocycles. The van der Waals surface area contributed by atoms with E-state index in [1.165, 1.54) is 11.9 Å². The highest BCUT2D eigenvalue weighted by atomic mass is 16.3. The van der Waals surface area contributed by atoms with Gasteiger partial charge in [-0.1, -0.05) is 17.7 Å². The first-order valence-electron chi connectivity index (χ1n) is 6.28. The standard InChI is InChI=1S/C14H18N4O/c1-11-3-5-12(6-4-11)18-14-9-13(16-10-17-14)15-7-2-8-19/h3-6,9-10,19H,2,7-8H2,1H3,(H2,15,16,17,18). The molecule has 2 rings (SSSR count). The highest BCUT2D eigenvalue weighted by Gasteiger charge is 1.99. The lowest BCUT2D eigenvalue weighted by Gasteiger charge is -2.08. The number of anilines is 3. The normalized spacial score (nSPS) is 10.2. The number of nitrogens with one attached hydrogen (secondary N) is 2. The predicted molar refractivity (Wildman–Crippen MR) is 76.7 cm³/mol. The van der Waals surface area contributed by atoms with Crippen molar-refractivity contribution in [1.29, 1.82) is 0 Å². The van der Waals surface area contributed by atoms with Gasteiger partial charge in [0.25, 0.3) is 0 Å². The van der Waals surface area contributed by atoms with Crippen molar-refractivity contribution >= 4 is 17.3 Å². The summed E-state index contributed by atoms with van der Waals surface area (Å²) >= 11 is 0. The van der Waals surface area contributed by atoms with E-state index < -0.39 is 0 Å². The molecule has 100 valence electrons. The molecule has 0 saturated carbocycles. The minimum Gasteiger partial charge on any atom is -0.396 e. The van der Waals surface area contributed by atoms with Gasteiger partial charge in [-0.2, -0.15) is 0 Å². The number of hydrogen-bond donors (Lipinski definition) is 3. The molecule has 0 aliphatic heterocycles. The molecular weight excluding hydrogens is 240 g/mol. The maximum atomic E-state index is 8.73. The number of aromatic nitrogens is 2. The van der Waals surface area contributed by atoms with Gasteiger partial charge in [0.1, 0.15) is 18.0 Å². The lowest BCUT2D eigenvalue weighted by Crippen LogP contribution is -2.06. The van der Waals surface area contributed by atoms with E-state index in [1.807, 2.05) is 30.3 Å². The highest BCUT2D eigenvalue weighted by Crippen LogP contribution is 2.16. The van der Waals surface area contributed by atoms with Crippen LogP contribution in [0, 0.1) is 6.92 Å². The van der Waals surface area contributed by atoms with Crippen LogP contribution in [0.15, 0.2) is 36.7 Å². The summed E-state index contributed by atoms with van der Waals surface area (Å²) in [5.41, 5.74) is 2.21. The van der Waals surface area contributed by atoms with Crippen LogP contribution in [0.3, 0.4) is 0 Å². The van der Waals surface area contributed by atoms with Crippen LogP contribution < -0.4 is 10.6 Å². The largest absolute Gasteiger partial charge is 0.396 e. The van der Waals surface area contributed by atoms with E-state index in [4.69, 9.17) is 5.11 Å². The summed E-state index contributed by atoms with van der Waals surface area (Å²) in [6, 6.07) is 9.96. The molecule has 5 nitrogen and oxygen atoms in total. The zero-order chi connectivity index (χ0) is 13.5. The van der Waals surface area contributed by atoms with Crippen molar-refractivity contribution in [2.45, 2.75) is 13.3 Å². The summed E-state index contributed by atoms with van der Waals surface area (Å²) in [6.45, 7) is 2.92. The van der Waals surface area contributed by atoms with Gasteiger partial charge in [-0.3, -0.25) is 0 Å². The molecular formula is C14H18N4O. The second-order valence-corrected chi connectivity index (χ2v) is 4.28. The molecule has 0 saturated heterocycles. The van der Waals surface area contributed by atoms with Crippen molar-refractivity contribution in [3.8, 4) is 0 Å². The molecule has 19 heavy (non-hydrogen) atoms. The van der Waals surface area contributed by atoms with Crippen molar-refractivity contribution in [2.24, 2.45) is 0 Å². The first-order chi connectivity index (χ1) is 9.28. The van der Waals surface area contributed by atoms with Crippen LogP contribution in [-0.2, 0) is 0 Å². The SMILES string of the molecule is Cc1ccc(Nc2cc(NCCCO)ncn2)cc1. The van der Waals surface area contributed by atoms with Gasteiger partial charge in [-0.15, -0.1) is 0 Å². The van der Waals surface area contributed by atoms with E-state index in [0.29, 0.717) is 13.0 Å². The molecule has 0 amide bonds. The molecule has 1 heterocycles. The van der Waals surface area contributed by atoms with Crippen LogP contribution in [0.5, 0.6) is 0 Å². The smallest absolute Gasteiger partial charge is 0.135 e. The molecule has 0 fully saturated rings. The molecule has 0 aliphatic rings. The monoisotopic (exact) mass is 258 g/mol. The van der Waals surface area contributed by atoms with Crippen LogP contribution in [0.25, 0.3) is 0 Å². The average molecular weight is 258 g/mol. The quantitative estimate of drug-likeness (QED) is 0.694. The second kappa shape index (κ2) is 6.70. The third kappa shape index (κ3) is 4.22. The van der Waals surface area contributed by atoms with Gasteiger partial charge in [-0.25, -0.2) is 9.97 Å². The molecule has 0 spiro atoms. The van der Waals surface area contributed by atoms with Crippen molar-refractivity contribution < 1.29 is 5.11 Å². The van der Waals surface area contributed by atoms with E-state index in [2.05, 4.69) is 27.5 Å². The van der Waals surface area contributed by atoms with Gasteiger partial charge in [-0.05, 0) is 25.5 Å². The fraction of sp³-hybridized carbons (Fsp3) is 0.286. The van der Waals surface area contributed by atoms with Gasteiger partial charge in [0.05, 0.1) is 0 Å². The van der Waals surface area contributed by atoms with Crippen LogP contribution >= 0.6 is 0 Å². The lowest BCUT2D eigenvalue weighted by molar-refractivity contribution is 0.292. The number of hydrogen-bond acceptors (Lipinski definition) is 5. The van der Waals surface area contributed by atoms with E-state index in [1.54, 1.807) is 0 Å². The summed E-state index contributed by atoms with van der Waals surface area (Å²) in [4.78, 5) is 8.30. The summed E-state index contributed by atoms with van der Waals surface area (Å²) < 4.78 is 0. The molecule has 0 bridgehead atoms. The second-order valence-electron chi connectivity index (χ2n) is 4.28. The molecule has 5 heteroatoms. The Labute approximate surface area is 112 Å². The average Bonchev–Trinajstić information content (AvgIpc) is 2.42. The summed E-state index contributed by atoms with van der Waals surface area (Å²) in [7, 11) is 0. The van der Waals surface area contributed by atoms with E-state index in [0.717, 1.165) is 17.3 Å². The Hall–Kier alpha value is -2.14. The number of rotatable bonds is 6. The predicted octanol–water partition coefficient (Wildman–Crippen LogP) is 2.32. The fourth-order valence-corrected chi connectivity index (χ4v) is 1.60. The highest BCUT2D eigenvalue weighted by molar-refractivity contribution is 5.58. The minimum absolute atomic E-state index is 0.173. The number of aliphatic hydroxyl groups excluding tert-OH is 1. The van der Waals surface area contributed by atoms with Crippen LogP contribution in [0.2, 0.25) is 0 Å². The lowest BCUT2D eigenvalue weighted by atomic mass is 10.2. The Kier molecular flexibility index (Phi) is 4.69. The van der Waals surface area contributed by atoms with Crippen LogP contribution in [0.4, 0.5) is 17.3 Å². The number of aryl methyl sites for hydroxylation is 1. The Balaban J connectivity index is 2.00. The van der Waals surface area contributed by atoms with Crippen molar-refractivity contribution in [2.75, 3.05) is 23.8 Å². The molecule has 2 aromatic rings. The first kappa shape index (κ1) is 13.3. The Morgan fingerprint density at radius 1 is 1.11 bits per heavy atom. The Morgan fingerprint density at radius 2 is 1.84 bits per heavy atom. The van der Waals surface area contributed by atoms with E-state index in [-0.39, 0.29) is 6.61 Å². The number of aliphatic hydroxyl groups is 1. The van der Waals surface area contributed by atoms with Crippen molar-refractivity contribution in [1.82, 2.24) is 9.97 Å². The van der Waals surface area contributed by atoms with Crippen molar-refractivity contribution in [3.05, 3.63) is 42.2 Å². The molecule has 0 atom stereocenters. The maximum Gasteiger partial charge on any atom is 0.135 e. The number of benzene rings is 1. The third-order valence-electron chi connectivity index (χ3n) is 2.63. The number of nitrogens with zero attached hydrogens (tertiary/aromatic N) is 2. The topological polar surface area (TPSA) is 70.1 Å². The van der Waals surface area contributed by atoms with Gasteiger partial charge >= 0.3 is 0 Å². The Morgan fingerprint density at radius 3 is 2.58 bits per heavy atom. The summed E-state index contributed by atoms with van der Waals surface area (Å²) in [5, 5.41) is 15.1. The third-order valence-corrected chi connectivity index (χ3v) is 2.63. The van der Waals surface area contributed by atoms with Gasteiger partial charge in [0, 0.05) is 24.9 Å². The van der Waals surface area contributed by atoms with E-state index in [9.17, 15) is 0 Å². The van der Waals surface area contributed by atoms with Crippen LogP contribution in [0.1, 0.15) is 12.0 Å². The molecule has 0 unspecified atom stereocenters. The van der Waals surface area contributed by atoms with E-state index >= 15 is 0 Å². The van der Waals surface area contributed by atoms with Gasteiger partial charge in [0.2, 0.25) is 0 Å². The zero-order valence-corrected chi connectivity index (χ0v) is 10.9. The molecule has 0 radical (unpaired) electrons. The molecule has 3 N–H and O–H groups in total. The Bertz CT molecular complexity index is 513.